The van der Waals surface area contributed by atoms with Crippen molar-refractivity contribution in [2.45, 2.75) is 18.8 Å². The minimum atomic E-state index is -1.02. The molecule has 0 bridgehead atoms. The summed E-state index contributed by atoms with van der Waals surface area (Å²) in [7, 11) is 0. The lowest BCUT2D eigenvalue weighted by molar-refractivity contribution is -0.143. The molecule has 1 aromatic carbocycles. The third-order valence-corrected chi connectivity index (χ3v) is 3.74. The molecule has 0 saturated carbocycles. The van der Waals surface area contributed by atoms with Gasteiger partial charge in [-0.05, 0) is 30.7 Å². The van der Waals surface area contributed by atoms with Crippen LogP contribution >= 0.6 is 15.9 Å². The van der Waals surface area contributed by atoms with E-state index in [-0.39, 0.29) is 0 Å². The number of halogens is 1. The van der Waals surface area contributed by atoms with Crippen molar-refractivity contribution in [3.8, 4) is 0 Å². The molecular formula is C14H13BrO3. The van der Waals surface area contributed by atoms with Gasteiger partial charge in [-0.1, -0.05) is 34.1 Å². The Morgan fingerprint density at radius 3 is 2.61 bits per heavy atom. The highest BCUT2D eigenvalue weighted by molar-refractivity contribution is 9.10. The molecule has 0 amide bonds. The molecule has 0 aliphatic heterocycles. The Kier molecular flexibility index (Phi) is 3.57. The molecule has 2 rings (SSSR count). The van der Waals surface area contributed by atoms with Gasteiger partial charge < -0.3 is 9.52 Å². The summed E-state index contributed by atoms with van der Waals surface area (Å²) in [5, 5.41) is 9.55. The van der Waals surface area contributed by atoms with Crippen LogP contribution in [0.1, 0.15) is 18.2 Å². The van der Waals surface area contributed by atoms with E-state index in [9.17, 15) is 9.90 Å². The van der Waals surface area contributed by atoms with E-state index in [0.717, 1.165) is 10.0 Å². The number of aliphatic carboxylic acids is 1. The van der Waals surface area contributed by atoms with Crippen molar-refractivity contribution < 1.29 is 14.3 Å². The van der Waals surface area contributed by atoms with Crippen LogP contribution < -0.4 is 0 Å². The Hall–Kier alpha value is -1.55. The van der Waals surface area contributed by atoms with Gasteiger partial charge in [0.2, 0.25) is 0 Å². The van der Waals surface area contributed by atoms with Gasteiger partial charge in [0.05, 0.1) is 11.7 Å². The fourth-order valence-corrected chi connectivity index (χ4v) is 2.68. The standard InChI is InChI=1S/C14H13BrO3/c1-14(13(16)17,9-10-5-4-8-18-10)11-6-2-3-7-12(11)15/h2-8H,9H2,1H3,(H,16,17). The van der Waals surface area contributed by atoms with Crippen LogP contribution in [0.2, 0.25) is 0 Å². The maximum Gasteiger partial charge on any atom is 0.314 e. The molecule has 1 heterocycles. The number of carboxylic acid groups (broad SMARTS) is 1. The first-order valence-corrected chi connectivity index (χ1v) is 6.34. The van der Waals surface area contributed by atoms with Crippen LogP contribution in [0.15, 0.2) is 51.6 Å². The number of carboxylic acids is 1. The molecule has 2 aromatic rings. The molecule has 4 heteroatoms. The van der Waals surface area contributed by atoms with Gasteiger partial charge in [-0.15, -0.1) is 0 Å². The Morgan fingerprint density at radius 2 is 2.06 bits per heavy atom. The largest absolute Gasteiger partial charge is 0.481 e. The molecule has 0 radical (unpaired) electrons. The molecule has 94 valence electrons. The number of rotatable bonds is 4. The van der Waals surface area contributed by atoms with Crippen LogP contribution in [0.25, 0.3) is 0 Å². The molecule has 1 aromatic heterocycles. The lowest BCUT2D eigenvalue weighted by Crippen LogP contribution is -2.35. The zero-order chi connectivity index (χ0) is 13.2. The van der Waals surface area contributed by atoms with E-state index in [1.165, 1.54) is 0 Å². The van der Waals surface area contributed by atoms with Gasteiger partial charge in [-0.25, -0.2) is 0 Å². The molecule has 3 nitrogen and oxygen atoms in total. The molecule has 0 spiro atoms. The number of hydrogen-bond acceptors (Lipinski definition) is 2. The van der Waals surface area contributed by atoms with Crippen molar-refractivity contribution >= 4 is 21.9 Å². The SMILES string of the molecule is CC(Cc1ccco1)(C(=O)O)c1ccccc1Br. The number of hydrogen-bond donors (Lipinski definition) is 1. The zero-order valence-corrected chi connectivity index (χ0v) is 11.5. The fraction of sp³-hybridized carbons (Fsp3) is 0.214. The molecule has 1 atom stereocenters. The molecule has 0 aliphatic carbocycles. The number of carbonyl (C=O) groups is 1. The van der Waals surface area contributed by atoms with E-state index in [4.69, 9.17) is 4.42 Å². The van der Waals surface area contributed by atoms with Gasteiger partial charge in [0.1, 0.15) is 5.76 Å². The summed E-state index contributed by atoms with van der Waals surface area (Å²) in [5.41, 5.74) is -0.272. The molecule has 0 aliphatic rings. The van der Waals surface area contributed by atoms with E-state index in [1.54, 1.807) is 25.3 Å². The van der Waals surface area contributed by atoms with Crippen LogP contribution in [0.3, 0.4) is 0 Å². The molecule has 0 fully saturated rings. The lowest BCUT2D eigenvalue weighted by Gasteiger charge is -2.25. The van der Waals surface area contributed by atoms with Crippen molar-refractivity contribution in [1.29, 1.82) is 0 Å². The Morgan fingerprint density at radius 1 is 1.33 bits per heavy atom. The first-order valence-electron chi connectivity index (χ1n) is 5.55. The maximum atomic E-state index is 11.6. The third kappa shape index (κ3) is 2.34. The second-order valence-corrected chi connectivity index (χ2v) is 5.23. The smallest absolute Gasteiger partial charge is 0.314 e. The van der Waals surface area contributed by atoms with Crippen molar-refractivity contribution in [2.75, 3.05) is 0 Å². The first kappa shape index (κ1) is 12.9. The Balaban J connectivity index is 2.45. The van der Waals surface area contributed by atoms with Crippen LogP contribution in [-0.4, -0.2) is 11.1 Å². The lowest BCUT2D eigenvalue weighted by atomic mass is 9.79. The third-order valence-electron chi connectivity index (χ3n) is 3.05. The predicted octanol–water partition coefficient (Wildman–Crippen LogP) is 3.63. The fourth-order valence-electron chi connectivity index (χ4n) is 1.96. The summed E-state index contributed by atoms with van der Waals surface area (Å²) in [6.45, 7) is 1.71. The van der Waals surface area contributed by atoms with Crippen LogP contribution in [0.5, 0.6) is 0 Å². The van der Waals surface area contributed by atoms with Gasteiger partial charge in [-0.2, -0.15) is 0 Å². The predicted molar refractivity (Wildman–Crippen MR) is 71.5 cm³/mol. The van der Waals surface area contributed by atoms with Gasteiger partial charge >= 0.3 is 5.97 Å². The van der Waals surface area contributed by atoms with Gasteiger partial charge in [0, 0.05) is 10.9 Å². The second-order valence-electron chi connectivity index (χ2n) is 4.37. The summed E-state index contributed by atoms with van der Waals surface area (Å²) >= 11 is 3.41. The van der Waals surface area contributed by atoms with Crippen LogP contribution in [0, 0.1) is 0 Å². The highest BCUT2D eigenvalue weighted by atomic mass is 79.9. The Labute approximate surface area is 114 Å². The van der Waals surface area contributed by atoms with Gasteiger partial charge in [-0.3, -0.25) is 4.79 Å². The van der Waals surface area contributed by atoms with E-state index >= 15 is 0 Å². The molecule has 0 saturated heterocycles. The molecule has 1 N–H and O–H groups in total. The normalized spacial score (nSPS) is 14.1. The minimum Gasteiger partial charge on any atom is -0.481 e. The first-order chi connectivity index (χ1) is 8.54. The van der Waals surface area contributed by atoms with E-state index in [0.29, 0.717) is 12.2 Å². The highest BCUT2D eigenvalue weighted by Gasteiger charge is 2.37. The highest BCUT2D eigenvalue weighted by Crippen LogP contribution is 2.33. The molecule has 18 heavy (non-hydrogen) atoms. The van der Waals surface area contributed by atoms with E-state index < -0.39 is 11.4 Å². The van der Waals surface area contributed by atoms with E-state index in [1.807, 2.05) is 24.3 Å². The average Bonchev–Trinajstić information content (AvgIpc) is 2.81. The summed E-state index contributed by atoms with van der Waals surface area (Å²) in [5.74, 6) is -0.207. The van der Waals surface area contributed by atoms with Crippen LogP contribution in [-0.2, 0) is 16.6 Å². The van der Waals surface area contributed by atoms with Crippen molar-refractivity contribution in [3.63, 3.8) is 0 Å². The quantitative estimate of drug-likeness (QED) is 0.938. The number of benzene rings is 1. The van der Waals surface area contributed by atoms with Crippen LogP contribution in [0.4, 0.5) is 0 Å². The van der Waals surface area contributed by atoms with Gasteiger partial charge in [0.25, 0.3) is 0 Å². The Bertz CT molecular complexity index is 548. The van der Waals surface area contributed by atoms with Crippen molar-refractivity contribution in [2.24, 2.45) is 0 Å². The monoisotopic (exact) mass is 308 g/mol. The minimum absolute atomic E-state index is 0.317. The summed E-state index contributed by atoms with van der Waals surface area (Å²) < 4.78 is 6.06. The van der Waals surface area contributed by atoms with Crippen molar-refractivity contribution in [1.82, 2.24) is 0 Å². The molecular weight excluding hydrogens is 296 g/mol. The zero-order valence-electron chi connectivity index (χ0n) is 9.89. The van der Waals surface area contributed by atoms with Gasteiger partial charge in [0.15, 0.2) is 0 Å². The maximum absolute atomic E-state index is 11.6. The summed E-state index contributed by atoms with van der Waals surface area (Å²) in [4.78, 5) is 11.6. The number of furan rings is 1. The second kappa shape index (κ2) is 4.98. The topological polar surface area (TPSA) is 50.4 Å². The summed E-state index contributed by atoms with van der Waals surface area (Å²) in [6.07, 6.45) is 1.87. The van der Waals surface area contributed by atoms with E-state index in [2.05, 4.69) is 15.9 Å². The average molecular weight is 309 g/mol. The van der Waals surface area contributed by atoms with Crippen molar-refractivity contribution in [3.05, 3.63) is 58.5 Å². The summed E-state index contributed by atoms with van der Waals surface area (Å²) in [6, 6.07) is 10.9. The molecule has 1 unspecified atom stereocenters.